The minimum absolute atomic E-state index is 0.264. The molecule has 0 spiro atoms. The fourth-order valence-electron chi connectivity index (χ4n) is 3.81. The number of hydrogen-bond donors (Lipinski definition) is 3. The molecule has 0 aliphatic heterocycles. The number of aliphatic imine (C=N–C) groups is 1. The smallest absolute Gasteiger partial charge is 0.191 e. The molecule has 1 saturated carbocycles. The van der Waals surface area contributed by atoms with Crippen LogP contribution in [0.3, 0.4) is 0 Å². The second-order valence-corrected chi connectivity index (χ2v) is 7.40. The first kappa shape index (κ1) is 22.2. The van der Waals surface area contributed by atoms with Crippen molar-refractivity contribution in [2.45, 2.75) is 72.1 Å². The Morgan fingerprint density at radius 3 is 2.52 bits per heavy atom. The molecule has 1 fully saturated rings. The molecule has 1 aliphatic rings. The molecule has 1 aliphatic carbocycles. The topological polar surface area (TPSA) is 65.9 Å². The van der Waals surface area contributed by atoms with Gasteiger partial charge in [0.15, 0.2) is 5.96 Å². The van der Waals surface area contributed by atoms with E-state index in [1.165, 1.54) is 25.7 Å². The Balaban J connectivity index is 2.59. The molecule has 0 radical (unpaired) electrons. The van der Waals surface area contributed by atoms with Crippen molar-refractivity contribution in [3.63, 3.8) is 0 Å². The second kappa shape index (κ2) is 13.4. The summed E-state index contributed by atoms with van der Waals surface area (Å²) in [6.07, 6.45) is 9.45. The van der Waals surface area contributed by atoms with Crippen molar-refractivity contribution in [3.05, 3.63) is 0 Å². The van der Waals surface area contributed by atoms with Crippen LogP contribution in [0.15, 0.2) is 4.99 Å². The van der Waals surface area contributed by atoms with Gasteiger partial charge in [0.1, 0.15) is 0 Å². The predicted molar refractivity (Wildman–Crippen MR) is 106 cm³/mol. The van der Waals surface area contributed by atoms with Gasteiger partial charge in [-0.15, -0.1) is 0 Å². The Morgan fingerprint density at radius 2 is 1.92 bits per heavy atom. The summed E-state index contributed by atoms with van der Waals surface area (Å²) in [5, 5.41) is 16.1. The largest absolute Gasteiger partial charge is 0.396 e. The molecule has 25 heavy (non-hydrogen) atoms. The van der Waals surface area contributed by atoms with Crippen LogP contribution in [0.1, 0.15) is 72.1 Å². The number of hydrogen-bond acceptors (Lipinski definition) is 3. The van der Waals surface area contributed by atoms with Gasteiger partial charge in [-0.3, -0.25) is 4.99 Å². The Morgan fingerprint density at radius 1 is 1.16 bits per heavy atom. The van der Waals surface area contributed by atoms with Gasteiger partial charge in [-0.25, -0.2) is 0 Å². The van der Waals surface area contributed by atoms with Gasteiger partial charge < -0.3 is 20.5 Å². The highest BCUT2D eigenvalue weighted by Crippen LogP contribution is 2.41. The Bertz CT molecular complexity index is 349. The summed E-state index contributed by atoms with van der Waals surface area (Å²) in [7, 11) is 0. The van der Waals surface area contributed by atoms with E-state index in [4.69, 9.17) is 9.73 Å². The van der Waals surface area contributed by atoms with E-state index in [1.807, 2.05) is 0 Å². The number of guanidine groups is 1. The Kier molecular flexibility index (Phi) is 11.9. The first-order valence-electron chi connectivity index (χ1n) is 10.4. The first-order valence-corrected chi connectivity index (χ1v) is 10.4. The highest BCUT2D eigenvalue weighted by molar-refractivity contribution is 5.79. The molecule has 0 amide bonds. The van der Waals surface area contributed by atoms with Crippen molar-refractivity contribution in [1.29, 1.82) is 0 Å². The van der Waals surface area contributed by atoms with E-state index in [2.05, 4.69) is 31.4 Å². The third-order valence-corrected chi connectivity index (χ3v) is 5.35. The molecule has 0 aromatic rings. The summed E-state index contributed by atoms with van der Waals surface area (Å²) in [5.41, 5.74) is 0.325. The maximum Gasteiger partial charge on any atom is 0.191 e. The van der Waals surface area contributed by atoms with Crippen molar-refractivity contribution < 1.29 is 9.84 Å². The summed E-state index contributed by atoms with van der Waals surface area (Å²) in [5.74, 6) is 1.43. The maximum absolute atomic E-state index is 9.23. The lowest BCUT2D eigenvalue weighted by atomic mass is 9.83. The highest BCUT2D eigenvalue weighted by atomic mass is 16.5. The SMILES string of the molecule is CCCC(CCO)CNC(=NCC1(CCOCC)CCCC1)NCC. The number of aliphatic hydroxyl groups excluding tert-OH is 1. The van der Waals surface area contributed by atoms with Gasteiger partial charge >= 0.3 is 0 Å². The van der Waals surface area contributed by atoms with Gasteiger partial charge in [0.05, 0.1) is 0 Å². The van der Waals surface area contributed by atoms with Crippen LogP contribution in [0.25, 0.3) is 0 Å². The quantitative estimate of drug-likeness (QED) is 0.269. The fourth-order valence-corrected chi connectivity index (χ4v) is 3.81. The maximum atomic E-state index is 9.23. The molecule has 0 bridgehead atoms. The molecule has 0 aromatic carbocycles. The van der Waals surface area contributed by atoms with Crippen LogP contribution in [0, 0.1) is 11.3 Å². The molecule has 5 nitrogen and oxygen atoms in total. The highest BCUT2D eigenvalue weighted by Gasteiger charge is 2.33. The van der Waals surface area contributed by atoms with Gasteiger partial charge in [0, 0.05) is 39.5 Å². The van der Waals surface area contributed by atoms with Crippen molar-refractivity contribution in [3.8, 4) is 0 Å². The van der Waals surface area contributed by atoms with Crippen molar-refractivity contribution >= 4 is 5.96 Å². The van der Waals surface area contributed by atoms with Crippen LogP contribution in [0.4, 0.5) is 0 Å². The van der Waals surface area contributed by atoms with Gasteiger partial charge in [-0.2, -0.15) is 0 Å². The van der Waals surface area contributed by atoms with Gasteiger partial charge in [-0.05, 0) is 57.3 Å². The molecule has 1 atom stereocenters. The van der Waals surface area contributed by atoms with Crippen LogP contribution in [0.5, 0.6) is 0 Å². The molecule has 1 unspecified atom stereocenters. The zero-order chi connectivity index (χ0) is 18.4. The van der Waals surface area contributed by atoms with E-state index in [0.717, 1.165) is 64.5 Å². The number of aliphatic hydroxyl groups is 1. The Hall–Kier alpha value is -0.810. The summed E-state index contributed by atoms with van der Waals surface area (Å²) < 4.78 is 5.60. The van der Waals surface area contributed by atoms with E-state index in [-0.39, 0.29) is 6.61 Å². The third-order valence-electron chi connectivity index (χ3n) is 5.35. The summed E-state index contributed by atoms with van der Waals surface area (Å²) in [6.45, 7) is 10.9. The number of nitrogens with one attached hydrogen (secondary N) is 2. The van der Waals surface area contributed by atoms with Crippen molar-refractivity contribution in [2.75, 3.05) is 39.5 Å². The summed E-state index contributed by atoms with van der Waals surface area (Å²) in [6, 6.07) is 0. The standard InChI is InChI=1S/C20H41N3O2/c1-4-9-18(10-14-24)16-22-19(21-5-2)23-17-20(11-7-8-12-20)13-15-25-6-3/h18,24H,4-17H2,1-3H3,(H2,21,22,23). The molecule has 148 valence electrons. The van der Waals surface area contributed by atoms with E-state index in [1.54, 1.807) is 0 Å². The molecule has 1 rings (SSSR count). The molecular weight excluding hydrogens is 314 g/mol. The lowest BCUT2D eigenvalue weighted by Crippen LogP contribution is -2.41. The van der Waals surface area contributed by atoms with Gasteiger partial charge in [0.2, 0.25) is 0 Å². The van der Waals surface area contributed by atoms with E-state index in [9.17, 15) is 5.11 Å². The molecule has 3 N–H and O–H groups in total. The molecule has 0 heterocycles. The van der Waals surface area contributed by atoms with Crippen LogP contribution in [-0.4, -0.2) is 50.5 Å². The van der Waals surface area contributed by atoms with Crippen LogP contribution >= 0.6 is 0 Å². The summed E-state index contributed by atoms with van der Waals surface area (Å²) in [4.78, 5) is 4.91. The average molecular weight is 356 g/mol. The van der Waals surface area contributed by atoms with Crippen LogP contribution < -0.4 is 10.6 Å². The minimum atomic E-state index is 0.264. The Labute approximate surface area is 155 Å². The third kappa shape index (κ3) is 8.91. The number of rotatable bonds is 13. The van der Waals surface area contributed by atoms with Crippen LogP contribution in [0.2, 0.25) is 0 Å². The minimum Gasteiger partial charge on any atom is -0.396 e. The lowest BCUT2D eigenvalue weighted by molar-refractivity contribution is 0.107. The van der Waals surface area contributed by atoms with E-state index < -0.39 is 0 Å². The van der Waals surface area contributed by atoms with Gasteiger partial charge in [-0.1, -0.05) is 26.2 Å². The number of nitrogens with zero attached hydrogens (tertiary/aromatic N) is 1. The normalized spacial score (nSPS) is 18.3. The van der Waals surface area contributed by atoms with Crippen molar-refractivity contribution in [1.82, 2.24) is 10.6 Å². The monoisotopic (exact) mass is 355 g/mol. The second-order valence-electron chi connectivity index (χ2n) is 7.40. The van der Waals surface area contributed by atoms with E-state index in [0.29, 0.717) is 11.3 Å². The summed E-state index contributed by atoms with van der Waals surface area (Å²) >= 11 is 0. The molecule has 0 saturated heterocycles. The molecular formula is C20H41N3O2. The van der Waals surface area contributed by atoms with E-state index >= 15 is 0 Å². The van der Waals surface area contributed by atoms with Gasteiger partial charge in [0.25, 0.3) is 0 Å². The zero-order valence-corrected chi connectivity index (χ0v) is 16.8. The predicted octanol–water partition coefficient (Wildman–Crippen LogP) is 3.33. The first-order chi connectivity index (χ1) is 12.2. The van der Waals surface area contributed by atoms with Crippen molar-refractivity contribution in [2.24, 2.45) is 16.3 Å². The fraction of sp³-hybridized carbons (Fsp3) is 0.950. The average Bonchev–Trinajstić information content (AvgIpc) is 3.07. The lowest BCUT2D eigenvalue weighted by Gasteiger charge is -2.27. The zero-order valence-electron chi connectivity index (χ0n) is 16.8. The van der Waals surface area contributed by atoms with Crippen LogP contribution in [-0.2, 0) is 4.74 Å². The molecule has 0 aromatic heterocycles. The number of ether oxygens (including phenoxy) is 1. The molecule has 5 heteroatoms.